The van der Waals surface area contributed by atoms with Crippen molar-refractivity contribution < 1.29 is 18.9 Å². The van der Waals surface area contributed by atoms with Gasteiger partial charge in [0.2, 0.25) is 0 Å². The first-order valence-electron chi connectivity index (χ1n) is 2.87. The van der Waals surface area contributed by atoms with Crippen LogP contribution in [0, 0.1) is 0 Å². The highest BCUT2D eigenvalue weighted by molar-refractivity contribution is 7.46. The molecule has 5 heteroatoms. The number of rotatable bonds is 3. The van der Waals surface area contributed by atoms with Gasteiger partial charge in [0, 0.05) is 0 Å². The fraction of sp³-hybridized carbons (Fsp3) is 0.600. The molecular weight excluding hydrogens is 155 g/mol. The van der Waals surface area contributed by atoms with E-state index in [4.69, 9.17) is 9.79 Å². The van der Waals surface area contributed by atoms with Crippen molar-refractivity contribution in [3.05, 3.63) is 11.8 Å². The summed E-state index contributed by atoms with van der Waals surface area (Å²) in [5.41, 5.74) is 0. The highest BCUT2D eigenvalue weighted by Gasteiger charge is 2.14. The fourth-order valence-corrected chi connectivity index (χ4v) is 0.962. The van der Waals surface area contributed by atoms with Crippen LogP contribution in [0.1, 0.15) is 20.3 Å². The molecule has 0 aliphatic rings. The monoisotopic (exact) mass is 166 g/mol. The van der Waals surface area contributed by atoms with Crippen molar-refractivity contribution in [2.75, 3.05) is 0 Å². The van der Waals surface area contributed by atoms with Crippen LogP contribution in [0.4, 0.5) is 0 Å². The molecule has 4 nitrogen and oxygen atoms in total. The van der Waals surface area contributed by atoms with Crippen LogP contribution in [-0.2, 0) is 9.09 Å². The number of phosphoric ester groups is 1. The number of allylic oxidation sites excluding steroid dienone is 2. The average Bonchev–Trinajstić information content (AvgIpc) is 1.59. The minimum Gasteiger partial charge on any atom is -0.409 e. The van der Waals surface area contributed by atoms with Gasteiger partial charge >= 0.3 is 7.82 Å². The Morgan fingerprint density at radius 2 is 2.20 bits per heavy atom. The molecule has 0 unspecified atom stereocenters. The molecule has 0 amide bonds. The molecule has 0 bridgehead atoms. The molecule has 0 aliphatic heterocycles. The Labute approximate surface area is 59.8 Å². The van der Waals surface area contributed by atoms with Gasteiger partial charge < -0.3 is 4.52 Å². The first kappa shape index (κ1) is 9.69. The average molecular weight is 166 g/mol. The van der Waals surface area contributed by atoms with Crippen molar-refractivity contribution in [2.24, 2.45) is 0 Å². The van der Waals surface area contributed by atoms with E-state index in [1.54, 1.807) is 6.08 Å². The Kier molecular flexibility index (Phi) is 3.64. The van der Waals surface area contributed by atoms with Gasteiger partial charge in [0.25, 0.3) is 0 Å². The summed E-state index contributed by atoms with van der Waals surface area (Å²) in [6.07, 6.45) is 2.30. The lowest BCUT2D eigenvalue weighted by Gasteiger charge is -2.05. The van der Waals surface area contributed by atoms with E-state index in [2.05, 4.69) is 4.52 Å². The van der Waals surface area contributed by atoms with Gasteiger partial charge in [0.05, 0.1) is 0 Å². The van der Waals surface area contributed by atoms with Crippen molar-refractivity contribution in [3.63, 3.8) is 0 Å². The van der Waals surface area contributed by atoms with Crippen LogP contribution in [0.2, 0.25) is 0 Å². The Bertz CT molecular complexity index is 168. The van der Waals surface area contributed by atoms with E-state index in [0.29, 0.717) is 6.42 Å². The summed E-state index contributed by atoms with van der Waals surface area (Å²) >= 11 is 0. The SMILES string of the molecule is CC/C=C(\C)OP(=O)(O)O. The third-order valence-electron chi connectivity index (χ3n) is 0.754. The molecule has 0 fully saturated rings. The van der Waals surface area contributed by atoms with Crippen molar-refractivity contribution >= 4 is 7.82 Å². The van der Waals surface area contributed by atoms with Crippen LogP contribution in [0.3, 0.4) is 0 Å². The first-order chi connectivity index (χ1) is 4.45. The molecule has 0 aliphatic carbocycles. The summed E-state index contributed by atoms with van der Waals surface area (Å²) in [5.74, 6) is 0.260. The summed E-state index contributed by atoms with van der Waals surface area (Å²) in [5, 5.41) is 0. The van der Waals surface area contributed by atoms with Crippen LogP contribution in [0.15, 0.2) is 11.8 Å². The first-order valence-corrected chi connectivity index (χ1v) is 4.40. The van der Waals surface area contributed by atoms with E-state index in [-0.39, 0.29) is 5.76 Å². The summed E-state index contributed by atoms with van der Waals surface area (Å²) < 4.78 is 14.4. The molecule has 0 saturated heterocycles. The molecule has 0 radical (unpaired) electrons. The maximum absolute atomic E-state index is 10.1. The minimum absolute atomic E-state index is 0.260. The van der Waals surface area contributed by atoms with Crippen molar-refractivity contribution in [3.8, 4) is 0 Å². The molecule has 0 saturated carbocycles. The minimum atomic E-state index is -4.32. The Balaban J connectivity index is 3.92. The fourth-order valence-electron chi connectivity index (χ4n) is 0.512. The molecule has 0 aromatic carbocycles. The number of phosphoric acid groups is 1. The predicted octanol–water partition coefficient (Wildman–Crippen LogP) is 1.41. The smallest absolute Gasteiger partial charge is 0.409 e. The van der Waals surface area contributed by atoms with E-state index in [1.807, 2.05) is 6.92 Å². The summed E-state index contributed by atoms with van der Waals surface area (Å²) in [6.45, 7) is 3.36. The van der Waals surface area contributed by atoms with Crippen LogP contribution in [0.5, 0.6) is 0 Å². The lowest BCUT2D eigenvalue weighted by molar-refractivity contribution is 0.242. The lowest BCUT2D eigenvalue weighted by Crippen LogP contribution is -1.84. The molecule has 10 heavy (non-hydrogen) atoms. The zero-order valence-electron chi connectivity index (χ0n) is 5.94. The molecule has 2 N–H and O–H groups in total. The molecule has 0 rings (SSSR count). The Hall–Kier alpha value is -0.310. The predicted molar refractivity (Wildman–Crippen MR) is 37.2 cm³/mol. The van der Waals surface area contributed by atoms with E-state index in [0.717, 1.165) is 0 Å². The Morgan fingerprint density at radius 3 is 2.50 bits per heavy atom. The van der Waals surface area contributed by atoms with Crippen molar-refractivity contribution in [1.82, 2.24) is 0 Å². The zero-order chi connectivity index (χ0) is 8.20. The van der Waals surface area contributed by atoms with Gasteiger partial charge in [0.15, 0.2) is 0 Å². The summed E-state index contributed by atoms with van der Waals surface area (Å²) in [6, 6.07) is 0. The second-order valence-electron chi connectivity index (χ2n) is 1.80. The third kappa shape index (κ3) is 5.82. The molecule has 60 valence electrons. The van der Waals surface area contributed by atoms with Gasteiger partial charge in [-0.15, -0.1) is 0 Å². The van der Waals surface area contributed by atoms with Gasteiger partial charge in [-0.05, 0) is 19.4 Å². The second-order valence-corrected chi connectivity index (χ2v) is 2.97. The highest BCUT2D eigenvalue weighted by Crippen LogP contribution is 2.38. The lowest BCUT2D eigenvalue weighted by atomic mass is 10.4. The van der Waals surface area contributed by atoms with Gasteiger partial charge in [-0.1, -0.05) is 6.92 Å². The topological polar surface area (TPSA) is 66.8 Å². The van der Waals surface area contributed by atoms with Gasteiger partial charge in [0.1, 0.15) is 5.76 Å². The summed E-state index contributed by atoms with van der Waals surface area (Å²) in [4.78, 5) is 16.5. The van der Waals surface area contributed by atoms with Crippen LogP contribution in [-0.4, -0.2) is 9.79 Å². The molecule has 0 atom stereocenters. The van der Waals surface area contributed by atoms with Gasteiger partial charge in [-0.2, -0.15) is 0 Å². The molecular formula is C5H11O4P. The van der Waals surface area contributed by atoms with Crippen LogP contribution >= 0.6 is 7.82 Å². The van der Waals surface area contributed by atoms with Gasteiger partial charge in [-0.25, -0.2) is 4.57 Å². The van der Waals surface area contributed by atoms with Gasteiger partial charge in [-0.3, -0.25) is 9.79 Å². The zero-order valence-corrected chi connectivity index (χ0v) is 6.84. The number of hydrogen-bond donors (Lipinski definition) is 2. The van der Waals surface area contributed by atoms with E-state index < -0.39 is 7.82 Å². The standard InChI is InChI=1S/C5H11O4P/c1-3-4-5(2)9-10(6,7)8/h4H,3H2,1-2H3,(H2,6,7,8)/b5-4+. The van der Waals surface area contributed by atoms with Crippen LogP contribution in [0.25, 0.3) is 0 Å². The van der Waals surface area contributed by atoms with E-state index in [1.165, 1.54) is 6.92 Å². The largest absolute Gasteiger partial charge is 0.524 e. The maximum atomic E-state index is 10.1. The highest BCUT2D eigenvalue weighted by atomic mass is 31.2. The van der Waals surface area contributed by atoms with Crippen molar-refractivity contribution in [1.29, 1.82) is 0 Å². The molecule has 0 aromatic rings. The third-order valence-corrected chi connectivity index (χ3v) is 1.28. The van der Waals surface area contributed by atoms with Crippen LogP contribution < -0.4 is 0 Å². The normalized spacial score (nSPS) is 13.4. The van der Waals surface area contributed by atoms with E-state index in [9.17, 15) is 4.57 Å². The summed E-state index contributed by atoms with van der Waals surface area (Å²) in [7, 11) is -4.32. The Morgan fingerprint density at radius 1 is 1.70 bits per heavy atom. The molecule has 0 aromatic heterocycles. The molecule has 0 spiro atoms. The number of hydrogen-bond acceptors (Lipinski definition) is 2. The second kappa shape index (κ2) is 3.76. The van der Waals surface area contributed by atoms with Crippen molar-refractivity contribution in [2.45, 2.75) is 20.3 Å². The maximum Gasteiger partial charge on any atom is 0.524 e. The van der Waals surface area contributed by atoms with E-state index >= 15 is 0 Å². The molecule has 0 heterocycles. The quantitative estimate of drug-likeness (QED) is 0.491.